The van der Waals surface area contributed by atoms with Gasteiger partial charge in [-0.2, -0.15) is 5.26 Å². The van der Waals surface area contributed by atoms with E-state index in [4.69, 9.17) is 6.57 Å². The third kappa shape index (κ3) is 2.37. The number of rotatable bonds is 2. The van der Waals surface area contributed by atoms with Crippen molar-refractivity contribution >= 4 is 11.8 Å². The van der Waals surface area contributed by atoms with Crippen molar-refractivity contribution in [1.82, 2.24) is 0 Å². The normalized spacial score (nSPS) is 33.2. The van der Waals surface area contributed by atoms with E-state index >= 15 is 0 Å². The van der Waals surface area contributed by atoms with Crippen molar-refractivity contribution in [3.8, 4) is 6.07 Å². The summed E-state index contributed by atoms with van der Waals surface area (Å²) in [5.74, 6) is -3.35. The average molecular weight is 344 g/mol. The summed E-state index contributed by atoms with van der Waals surface area (Å²) in [6, 6.07) is 5.40. The molecule has 2 bridgehead atoms. The van der Waals surface area contributed by atoms with E-state index in [0.29, 0.717) is 24.0 Å². The molecule has 0 N–H and O–H groups in total. The molecule has 4 rings (SSSR count). The number of alkyl halides is 3. The van der Waals surface area contributed by atoms with Crippen LogP contribution in [0.25, 0.3) is 10.9 Å². The minimum Gasteiger partial charge on any atom is -0.240 e. The van der Waals surface area contributed by atoms with E-state index in [9.17, 15) is 18.4 Å². The number of hydrogen-bond acceptors (Lipinski definition) is 1. The second-order valence-electron chi connectivity index (χ2n) is 7.53. The Morgan fingerprint density at radius 2 is 1.92 bits per heavy atom. The minimum atomic E-state index is -3.35. The van der Waals surface area contributed by atoms with E-state index in [2.05, 4.69) is 4.85 Å². The second kappa shape index (κ2) is 5.63. The van der Waals surface area contributed by atoms with Crippen LogP contribution in [0.15, 0.2) is 18.2 Å². The first-order valence-corrected chi connectivity index (χ1v) is 8.33. The number of nitriles is 1. The quantitative estimate of drug-likeness (QED) is 0.606. The van der Waals surface area contributed by atoms with Gasteiger partial charge in [0.15, 0.2) is 6.17 Å². The highest BCUT2D eigenvalue weighted by atomic mass is 19.3. The summed E-state index contributed by atoms with van der Waals surface area (Å²) in [7, 11) is 0. The van der Waals surface area contributed by atoms with Crippen LogP contribution in [0.5, 0.6) is 0 Å². The summed E-state index contributed by atoms with van der Waals surface area (Å²) in [6.45, 7) is 10.4. The van der Waals surface area contributed by atoms with Crippen molar-refractivity contribution in [2.75, 3.05) is 0 Å². The summed E-state index contributed by atoms with van der Waals surface area (Å²) in [5.41, 5.74) is -0.839. The van der Waals surface area contributed by atoms with Gasteiger partial charge in [-0.3, -0.25) is 0 Å². The van der Waals surface area contributed by atoms with Gasteiger partial charge in [-0.05, 0) is 43.7 Å². The first-order chi connectivity index (χ1) is 11.7. The van der Waals surface area contributed by atoms with Crippen molar-refractivity contribution in [3.63, 3.8) is 0 Å². The van der Waals surface area contributed by atoms with E-state index < -0.39 is 22.9 Å². The average Bonchev–Trinajstić information content (AvgIpc) is 2.60. The first-order valence-electron chi connectivity index (χ1n) is 8.33. The largest absolute Gasteiger partial charge is 0.284 e. The van der Waals surface area contributed by atoms with Crippen LogP contribution in [-0.4, -0.2) is 12.1 Å². The molecule has 3 saturated carbocycles. The van der Waals surface area contributed by atoms with Crippen LogP contribution in [0.1, 0.15) is 49.3 Å². The molecule has 2 nitrogen and oxygen atoms in total. The maximum atomic E-state index is 14.7. The van der Waals surface area contributed by atoms with Crippen LogP contribution in [-0.2, 0) is 0 Å². The third-order valence-corrected chi connectivity index (χ3v) is 6.14. The lowest BCUT2D eigenvalue weighted by Crippen LogP contribution is -2.61. The van der Waals surface area contributed by atoms with Gasteiger partial charge in [0.05, 0.1) is 18.2 Å². The van der Waals surface area contributed by atoms with Crippen LogP contribution >= 0.6 is 0 Å². The molecule has 3 fully saturated rings. The molecule has 0 aliphatic heterocycles. The van der Waals surface area contributed by atoms with Crippen molar-refractivity contribution < 1.29 is 13.2 Å². The van der Waals surface area contributed by atoms with Gasteiger partial charge < -0.3 is 0 Å². The summed E-state index contributed by atoms with van der Waals surface area (Å²) in [6.07, 6.45) is 2.17. The van der Waals surface area contributed by atoms with Crippen LogP contribution < -0.4 is 0 Å². The van der Waals surface area contributed by atoms with Gasteiger partial charge in [-0.15, -0.1) is 0 Å². The third-order valence-electron chi connectivity index (χ3n) is 6.14. The van der Waals surface area contributed by atoms with E-state index in [1.807, 2.05) is 6.07 Å². The highest BCUT2D eigenvalue weighted by Crippen LogP contribution is 2.65. The van der Waals surface area contributed by atoms with Crippen LogP contribution in [0, 0.1) is 35.7 Å². The highest BCUT2D eigenvalue weighted by molar-refractivity contribution is 5.72. The molecule has 0 amide bonds. The monoisotopic (exact) mass is 344 g/mol. The molecule has 3 aliphatic rings. The van der Waals surface area contributed by atoms with Crippen molar-refractivity contribution in [3.05, 3.63) is 46.3 Å². The van der Waals surface area contributed by atoms with Crippen molar-refractivity contribution in [1.29, 1.82) is 5.26 Å². The predicted molar refractivity (Wildman–Crippen MR) is 90.0 cm³/mol. The Hall–Kier alpha value is -2.27. The van der Waals surface area contributed by atoms with Gasteiger partial charge in [0.2, 0.25) is 5.69 Å². The molecular formula is C20H19F3N2. The molecule has 1 aromatic rings. The molecule has 0 spiro atoms. The summed E-state index contributed by atoms with van der Waals surface area (Å²) >= 11 is 0. The topological polar surface area (TPSA) is 28.1 Å². The Balaban J connectivity index is 2.01. The molecular weight excluding hydrogens is 325 g/mol. The summed E-state index contributed by atoms with van der Waals surface area (Å²) < 4.78 is 43.7. The van der Waals surface area contributed by atoms with Gasteiger partial charge in [-0.1, -0.05) is 31.2 Å². The number of benzene rings is 1. The Labute approximate surface area is 145 Å². The number of fused-ring (bicyclic) bond motifs is 3. The molecule has 5 heteroatoms. The number of allylic oxidation sites excluding steroid dienone is 1. The van der Waals surface area contributed by atoms with E-state index in [-0.39, 0.29) is 24.1 Å². The zero-order valence-electron chi connectivity index (χ0n) is 14.2. The molecule has 3 aliphatic carbocycles. The Bertz CT molecular complexity index is 819. The standard InChI is InChI=1S/C20H19F3N2/c1-13-4-5-14(15(12-24)16(13)25-3)6-7-19-10-8-18(2,9-11-19)20(22,23)17(19)21/h4-7,17H,8-11H2,1-2H3/b7-6+. The zero-order chi connectivity index (χ0) is 18.5. The maximum absolute atomic E-state index is 14.7. The lowest BCUT2D eigenvalue weighted by molar-refractivity contribution is -0.251. The minimum absolute atomic E-state index is 0.210. The number of aryl methyl sites for hydroxylation is 1. The fourth-order valence-corrected chi connectivity index (χ4v) is 4.14. The number of nitrogens with zero attached hydrogens (tertiary/aromatic N) is 2. The van der Waals surface area contributed by atoms with Crippen molar-refractivity contribution in [2.45, 2.75) is 51.6 Å². The SMILES string of the molecule is [C-]#[N+]c1c(C)ccc(/C=C/C23CCC(C)(CC2)C(F)(F)C3F)c1C#N. The van der Waals surface area contributed by atoms with Gasteiger partial charge >= 0.3 is 0 Å². The Morgan fingerprint density at radius 1 is 1.28 bits per heavy atom. The summed E-state index contributed by atoms with van der Waals surface area (Å²) in [5, 5.41) is 9.37. The predicted octanol–water partition coefficient (Wildman–Crippen LogP) is 5.98. The van der Waals surface area contributed by atoms with Gasteiger partial charge in [0, 0.05) is 10.8 Å². The molecule has 0 aromatic heterocycles. The summed E-state index contributed by atoms with van der Waals surface area (Å²) in [4.78, 5) is 3.39. The Morgan fingerprint density at radius 3 is 2.48 bits per heavy atom. The Kier molecular flexibility index (Phi) is 3.95. The smallest absolute Gasteiger partial charge is 0.240 e. The lowest BCUT2D eigenvalue weighted by atomic mass is 9.51. The van der Waals surface area contributed by atoms with E-state index in [0.717, 1.165) is 0 Å². The van der Waals surface area contributed by atoms with Gasteiger partial charge in [0.1, 0.15) is 0 Å². The number of halogens is 3. The molecule has 1 atom stereocenters. The molecule has 1 unspecified atom stereocenters. The van der Waals surface area contributed by atoms with E-state index in [1.54, 1.807) is 25.1 Å². The first kappa shape index (κ1) is 17.5. The molecule has 0 radical (unpaired) electrons. The number of hydrogen-bond donors (Lipinski definition) is 0. The maximum Gasteiger partial charge on any atom is 0.284 e. The van der Waals surface area contributed by atoms with Gasteiger partial charge in [0.25, 0.3) is 5.92 Å². The second-order valence-corrected chi connectivity index (χ2v) is 7.53. The van der Waals surface area contributed by atoms with Crippen LogP contribution in [0.3, 0.4) is 0 Å². The van der Waals surface area contributed by atoms with Crippen molar-refractivity contribution in [2.24, 2.45) is 10.8 Å². The lowest BCUT2D eigenvalue weighted by Gasteiger charge is -2.57. The zero-order valence-corrected chi connectivity index (χ0v) is 14.2. The van der Waals surface area contributed by atoms with E-state index in [1.165, 1.54) is 13.0 Å². The molecule has 0 saturated heterocycles. The van der Waals surface area contributed by atoms with Gasteiger partial charge in [-0.25, -0.2) is 18.0 Å². The highest BCUT2D eigenvalue weighted by Gasteiger charge is 2.69. The fourth-order valence-electron chi connectivity index (χ4n) is 4.14. The molecule has 1 aromatic carbocycles. The van der Waals surface area contributed by atoms with Crippen LogP contribution in [0.4, 0.5) is 18.9 Å². The van der Waals surface area contributed by atoms with Crippen LogP contribution in [0.2, 0.25) is 0 Å². The fraction of sp³-hybridized carbons (Fsp3) is 0.500. The molecule has 0 heterocycles. The molecule has 130 valence electrons. The molecule has 25 heavy (non-hydrogen) atoms.